The summed E-state index contributed by atoms with van der Waals surface area (Å²) < 4.78 is 7.76. The fourth-order valence-electron chi connectivity index (χ4n) is 1.96. The highest BCUT2D eigenvalue weighted by atomic mass is 32.1. The first-order valence-corrected chi connectivity index (χ1v) is 7.05. The highest BCUT2D eigenvalue weighted by molar-refractivity contribution is 7.16. The molecule has 0 saturated carbocycles. The van der Waals surface area contributed by atoms with Crippen LogP contribution in [0.2, 0.25) is 0 Å². The second-order valence-corrected chi connectivity index (χ2v) is 5.39. The Bertz CT molecular complexity index is 924. The molecule has 6 heteroatoms. The molecular formula is C15H11N3O2S. The van der Waals surface area contributed by atoms with E-state index in [1.807, 2.05) is 28.8 Å². The summed E-state index contributed by atoms with van der Waals surface area (Å²) in [7, 11) is 0. The number of aromatic nitrogens is 2. The maximum absolute atomic E-state index is 12.1. The van der Waals surface area contributed by atoms with Crippen molar-refractivity contribution in [1.29, 1.82) is 0 Å². The number of fused-ring (bicyclic) bond motifs is 1. The van der Waals surface area contributed by atoms with Crippen LogP contribution in [0, 0.1) is 19.3 Å². The number of benzene rings is 1. The van der Waals surface area contributed by atoms with E-state index in [2.05, 4.69) is 16.1 Å². The number of aryl methyl sites for hydroxylation is 1. The number of carbonyl (C=O) groups is 1. The van der Waals surface area contributed by atoms with Gasteiger partial charge in [0.05, 0.1) is 16.8 Å². The number of hydrogen-bond donors (Lipinski definition) is 0. The van der Waals surface area contributed by atoms with E-state index in [4.69, 9.17) is 10.9 Å². The number of amides is 1. The molecule has 5 nitrogen and oxygen atoms in total. The number of thiazole rings is 1. The van der Waals surface area contributed by atoms with Crippen molar-refractivity contribution in [2.24, 2.45) is 4.99 Å². The summed E-state index contributed by atoms with van der Waals surface area (Å²) in [6.45, 7) is 2.08. The van der Waals surface area contributed by atoms with Crippen LogP contribution in [-0.4, -0.2) is 15.6 Å². The van der Waals surface area contributed by atoms with Crippen LogP contribution in [0.25, 0.3) is 10.2 Å². The predicted octanol–water partition coefficient (Wildman–Crippen LogP) is 2.37. The molecule has 3 aromatic rings. The lowest BCUT2D eigenvalue weighted by Gasteiger charge is -1.98. The van der Waals surface area contributed by atoms with Gasteiger partial charge < -0.3 is 9.09 Å². The zero-order chi connectivity index (χ0) is 14.8. The molecule has 0 fully saturated rings. The number of hydrogen-bond acceptors (Lipinski definition) is 4. The minimum atomic E-state index is -0.441. The number of carbonyl (C=O) groups excluding carboxylic acids is 1. The first kappa shape index (κ1) is 13.3. The zero-order valence-electron chi connectivity index (χ0n) is 11.2. The van der Waals surface area contributed by atoms with Crippen molar-refractivity contribution in [3.05, 3.63) is 46.6 Å². The third-order valence-electron chi connectivity index (χ3n) is 2.88. The molecule has 0 aliphatic rings. The van der Waals surface area contributed by atoms with E-state index < -0.39 is 5.91 Å². The fourth-order valence-corrected chi connectivity index (χ4v) is 2.99. The summed E-state index contributed by atoms with van der Waals surface area (Å²) in [5, 5.41) is 3.68. The van der Waals surface area contributed by atoms with Crippen molar-refractivity contribution >= 4 is 27.5 Å². The zero-order valence-corrected chi connectivity index (χ0v) is 12.1. The van der Waals surface area contributed by atoms with Crippen LogP contribution < -0.4 is 4.80 Å². The largest absolute Gasteiger partial charge is 0.361 e. The Morgan fingerprint density at radius 3 is 3.05 bits per heavy atom. The van der Waals surface area contributed by atoms with E-state index in [1.165, 1.54) is 11.3 Å². The third kappa shape index (κ3) is 2.51. The van der Waals surface area contributed by atoms with E-state index in [0.29, 0.717) is 17.1 Å². The van der Waals surface area contributed by atoms with Gasteiger partial charge >= 0.3 is 5.91 Å². The Hall–Kier alpha value is -2.65. The molecule has 104 valence electrons. The SMILES string of the molecule is C#CCn1c(=NC(=O)c2cc(C)on2)sc2ccccc21. The minimum absolute atomic E-state index is 0.192. The molecule has 2 heterocycles. The standard InChI is InChI=1S/C15H11N3O2S/c1-3-8-18-12-6-4-5-7-13(12)21-15(18)16-14(19)11-9-10(2)20-17-11/h1,4-7,9H,8H2,2H3. The summed E-state index contributed by atoms with van der Waals surface area (Å²) in [5.41, 5.74) is 1.15. The topological polar surface area (TPSA) is 60.4 Å². The summed E-state index contributed by atoms with van der Waals surface area (Å²) in [5.74, 6) is 2.71. The molecule has 1 aromatic carbocycles. The molecule has 0 saturated heterocycles. The highest BCUT2D eigenvalue weighted by Crippen LogP contribution is 2.16. The molecule has 0 N–H and O–H groups in total. The average molecular weight is 297 g/mol. The summed E-state index contributed by atoms with van der Waals surface area (Å²) >= 11 is 1.42. The minimum Gasteiger partial charge on any atom is -0.361 e. The van der Waals surface area contributed by atoms with Gasteiger partial charge in [-0.05, 0) is 19.1 Å². The highest BCUT2D eigenvalue weighted by Gasteiger charge is 2.11. The van der Waals surface area contributed by atoms with Gasteiger partial charge in [0.15, 0.2) is 10.5 Å². The van der Waals surface area contributed by atoms with Crippen LogP contribution in [0.3, 0.4) is 0 Å². The van der Waals surface area contributed by atoms with Crippen molar-refractivity contribution in [3.8, 4) is 12.3 Å². The van der Waals surface area contributed by atoms with Gasteiger partial charge in [-0.3, -0.25) is 4.79 Å². The van der Waals surface area contributed by atoms with Crippen molar-refractivity contribution in [2.75, 3.05) is 0 Å². The van der Waals surface area contributed by atoms with Gasteiger partial charge in [-0.15, -0.1) is 6.42 Å². The van der Waals surface area contributed by atoms with Crippen LogP contribution in [0.15, 0.2) is 39.8 Å². The lowest BCUT2D eigenvalue weighted by molar-refractivity contribution is 0.0989. The quantitative estimate of drug-likeness (QED) is 0.682. The Balaban J connectivity index is 2.15. The van der Waals surface area contributed by atoms with Gasteiger partial charge in [0.1, 0.15) is 5.76 Å². The van der Waals surface area contributed by atoms with Gasteiger partial charge in [0.2, 0.25) is 0 Å². The molecule has 0 aliphatic heterocycles. The maximum Gasteiger partial charge on any atom is 0.301 e. The van der Waals surface area contributed by atoms with Crippen LogP contribution in [-0.2, 0) is 6.54 Å². The maximum atomic E-state index is 12.1. The first-order valence-electron chi connectivity index (χ1n) is 6.23. The normalized spacial score (nSPS) is 11.7. The molecule has 0 spiro atoms. The second-order valence-electron chi connectivity index (χ2n) is 4.38. The molecule has 3 rings (SSSR count). The van der Waals surface area contributed by atoms with Crippen molar-refractivity contribution in [2.45, 2.75) is 13.5 Å². The molecule has 0 radical (unpaired) electrons. The van der Waals surface area contributed by atoms with Crippen molar-refractivity contribution in [1.82, 2.24) is 9.72 Å². The van der Waals surface area contributed by atoms with E-state index in [1.54, 1.807) is 13.0 Å². The van der Waals surface area contributed by atoms with E-state index in [-0.39, 0.29) is 5.69 Å². The number of nitrogens with zero attached hydrogens (tertiary/aromatic N) is 3. The summed E-state index contributed by atoms with van der Waals surface area (Å²) in [6.07, 6.45) is 5.40. The molecule has 0 aliphatic carbocycles. The smallest absolute Gasteiger partial charge is 0.301 e. The number of rotatable bonds is 2. The fraction of sp³-hybridized carbons (Fsp3) is 0.133. The van der Waals surface area contributed by atoms with Crippen LogP contribution >= 0.6 is 11.3 Å². The molecular weight excluding hydrogens is 286 g/mol. The van der Waals surface area contributed by atoms with Crippen LogP contribution in [0.1, 0.15) is 16.2 Å². The van der Waals surface area contributed by atoms with E-state index >= 15 is 0 Å². The lowest BCUT2D eigenvalue weighted by Crippen LogP contribution is -2.16. The second kappa shape index (κ2) is 5.38. The Morgan fingerprint density at radius 2 is 2.33 bits per heavy atom. The van der Waals surface area contributed by atoms with Gasteiger partial charge in [0.25, 0.3) is 0 Å². The third-order valence-corrected chi connectivity index (χ3v) is 3.94. The van der Waals surface area contributed by atoms with Crippen LogP contribution in [0.5, 0.6) is 0 Å². The first-order chi connectivity index (χ1) is 10.2. The van der Waals surface area contributed by atoms with E-state index in [0.717, 1.165) is 10.2 Å². The van der Waals surface area contributed by atoms with Gasteiger partial charge in [-0.2, -0.15) is 4.99 Å². The molecule has 21 heavy (non-hydrogen) atoms. The van der Waals surface area contributed by atoms with Crippen LogP contribution in [0.4, 0.5) is 0 Å². The Morgan fingerprint density at radius 1 is 1.52 bits per heavy atom. The van der Waals surface area contributed by atoms with Crippen molar-refractivity contribution in [3.63, 3.8) is 0 Å². The summed E-state index contributed by atoms with van der Waals surface area (Å²) in [4.78, 5) is 16.8. The molecule has 2 aromatic heterocycles. The van der Waals surface area contributed by atoms with Gasteiger partial charge in [-0.25, -0.2) is 0 Å². The Labute approximate surface area is 124 Å². The monoisotopic (exact) mass is 297 g/mol. The summed E-state index contributed by atoms with van der Waals surface area (Å²) in [6, 6.07) is 9.34. The predicted molar refractivity (Wildman–Crippen MR) is 79.8 cm³/mol. The average Bonchev–Trinajstić information content (AvgIpc) is 3.04. The number of terminal acetylenes is 1. The van der Waals surface area contributed by atoms with E-state index in [9.17, 15) is 4.79 Å². The molecule has 0 unspecified atom stereocenters. The van der Waals surface area contributed by atoms with Gasteiger partial charge in [0, 0.05) is 6.07 Å². The molecule has 0 atom stereocenters. The number of para-hydroxylation sites is 1. The molecule has 0 bridgehead atoms. The lowest BCUT2D eigenvalue weighted by atomic mass is 10.3. The molecule has 1 amide bonds. The Kier molecular flexibility index (Phi) is 3.42. The van der Waals surface area contributed by atoms with Gasteiger partial charge in [-0.1, -0.05) is 34.5 Å². The van der Waals surface area contributed by atoms with Crippen molar-refractivity contribution < 1.29 is 9.32 Å².